The van der Waals surface area contributed by atoms with E-state index in [4.69, 9.17) is 4.74 Å². The van der Waals surface area contributed by atoms with E-state index in [0.29, 0.717) is 4.88 Å². The van der Waals surface area contributed by atoms with Crippen LogP contribution in [0, 0.1) is 11.8 Å². The molecule has 0 radical (unpaired) electrons. The highest BCUT2D eigenvalue weighted by Crippen LogP contribution is 2.15. The van der Waals surface area contributed by atoms with Gasteiger partial charge in [-0.2, -0.15) is 0 Å². The number of para-hydroxylation sites is 1. The van der Waals surface area contributed by atoms with Crippen molar-refractivity contribution in [2.24, 2.45) is 0 Å². The number of benzene rings is 1. The number of hydrogen-bond donors (Lipinski definition) is 1. The van der Waals surface area contributed by atoms with E-state index in [1.807, 2.05) is 31.2 Å². The van der Waals surface area contributed by atoms with E-state index in [1.54, 1.807) is 7.11 Å². The second-order valence-electron chi connectivity index (χ2n) is 4.48. The van der Waals surface area contributed by atoms with Gasteiger partial charge in [0.15, 0.2) is 0 Å². The smallest absolute Gasteiger partial charge is 0.265 e. The molecule has 0 aliphatic carbocycles. The summed E-state index contributed by atoms with van der Waals surface area (Å²) in [4.78, 5) is 12.6. The maximum atomic E-state index is 12.1. The lowest BCUT2D eigenvalue weighted by Crippen LogP contribution is -2.23. The SMILES string of the molecule is CCCc1nnsc1C(=O)NCC#Cc1ccccc1OC. The number of nitrogens with one attached hydrogen (secondary N) is 1. The monoisotopic (exact) mass is 315 g/mol. The predicted octanol–water partition coefficient (Wildman–Crippen LogP) is 2.28. The highest BCUT2D eigenvalue weighted by molar-refractivity contribution is 7.08. The van der Waals surface area contributed by atoms with Gasteiger partial charge in [-0.25, -0.2) is 0 Å². The van der Waals surface area contributed by atoms with Gasteiger partial charge in [0.25, 0.3) is 5.91 Å². The van der Waals surface area contributed by atoms with Gasteiger partial charge in [0.2, 0.25) is 0 Å². The van der Waals surface area contributed by atoms with Crippen LogP contribution in [0.5, 0.6) is 5.75 Å². The number of amides is 1. The van der Waals surface area contributed by atoms with Crippen molar-refractivity contribution in [3.63, 3.8) is 0 Å². The Morgan fingerprint density at radius 3 is 3.00 bits per heavy atom. The maximum absolute atomic E-state index is 12.1. The van der Waals surface area contributed by atoms with Crippen LogP contribution in [-0.2, 0) is 6.42 Å². The second-order valence-corrected chi connectivity index (χ2v) is 5.24. The van der Waals surface area contributed by atoms with Crippen LogP contribution >= 0.6 is 11.5 Å². The van der Waals surface area contributed by atoms with Crippen molar-refractivity contribution in [1.82, 2.24) is 14.9 Å². The highest BCUT2D eigenvalue weighted by Gasteiger charge is 2.14. The lowest BCUT2D eigenvalue weighted by atomic mass is 10.2. The minimum atomic E-state index is -0.173. The molecule has 0 unspecified atom stereocenters. The summed E-state index contributed by atoms with van der Waals surface area (Å²) in [7, 11) is 1.61. The average molecular weight is 315 g/mol. The summed E-state index contributed by atoms with van der Waals surface area (Å²) in [5.74, 6) is 6.46. The zero-order valence-corrected chi connectivity index (χ0v) is 13.4. The Kier molecular flexibility index (Phi) is 5.92. The number of ether oxygens (including phenoxy) is 1. The van der Waals surface area contributed by atoms with Crippen molar-refractivity contribution in [3.05, 3.63) is 40.4 Å². The first-order valence-corrected chi connectivity index (χ1v) is 7.75. The molecule has 1 N–H and O–H groups in total. The molecule has 1 aromatic heterocycles. The minimum absolute atomic E-state index is 0.173. The molecule has 0 aliphatic heterocycles. The van der Waals surface area contributed by atoms with E-state index < -0.39 is 0 Å². The highest BCUT2D eigenvalue weighted by atomic mass is 32.1. The fraction of sp³-hybridized carbons (Fsp3) is 0.312. The first kappa shape index (κ1) is 16.0. The van der Waals surface area contributed by atoms with E-state index in [2.05, 4.69) is 26.7 Å². The third kappa shape index (κ3) is 4.06. The van der Waals surface area contributed by atoms with Gasteiger partial charge < -0.3 is 10.1 Å². The molecule has 1 aromatic carbocycles. The lowest BCUT2D eigenvalue weighted by Gasteiger charge is -2.01. The zero-order valence-electron chi connectivity index (χ0n) is 12.5. The van der Waals surface area contributed by atoms with Crippen molar-refractivity contribution < 1.29 is 9.53 Å². The molecule has 22 heavy (non-hydrogen) atoms. The van der Waals surface area contributed by atoms with E-state index in [0.717, 1.165) is 41.4 Å². The van der Waals surface area contributed by atoms with Crippen LogP contribution in [0.15, 0.2) is 24.3 Å². The molecule has 1 amide bonds. The van der Waals surface area contributed by atoms with Gasteiger partial charge in [-0.05, 0) is 30.1 Å². The molecule has 0 spiro atoms. The summed E-state index contributed by atoms with van der Waals surface area (Å²) in [6.07, 6.45) is 1.69. The first-order chi connectivity index (χ1) is 10.8. The average Bonchev–Trinajstić information content (AvgIpc) is 3.00. The Balaban J connectivity index is 1.95. The molecule has 0 bridgehead atoms. The predicted molar refractivity (Wildman–Crippen MR) is 86.1 cm³/mol. The number of aryl methyl sites for hydroxylation is 1. The molecule has 0 saturated heterocycles. The molecule has 0 atom stereocenters. The Hall–Kier alpha value is -2.39. The van der Waals surface area contributed by atoms with E-state index in [9.17, 15) is 4.79 Å². The number of carbonyl (C=O) groups excluding carboxylic acids is 1. The maximum Gasteiger partial charge on any atom is 0.265 e. The van der Waals surface area contributed by atoms with Crippen molar-refractivity contribution in [3.8, 4) is 17.6 Å². The number of hydrogen-bond acceptors (Lipinski definition) is 5. The fourth-order valence-corrected chi connectivity index (χ4v) is 2.50. The molecule has 2 rings (SSSR count). The van der Waals surface area contributed by atoms with Crippen molar-refractivity contribution in [2.75, 3.05) is 13.7 Å². The van der Waals surface area contributed by atoms with Gasteiger partial charge in [-0.3, -0.25) is 4.79 Å². The van der Waals surface area contributed by atoms with Crippen LogP contribution in [0.3, 0.4) is 0 Å². The molecule has 0 saturated carbocycles. The first-order valence-electron chi connectivity index (χ1n) is 6.97. The van der Waals surface area contributed by atoms with Gasteiger partial charge in [0.1, 0.15) is 10.6 Å². The van der Waals surface area contributed by atoms with Crippen LogP contribution < -0.4 is 10.1 Å². The van der Waals surface area contributed by atoms with Crippen LogP contribution in [0.2, 0.25) is 0 Å². The third-order valence-electron chi connectivity index (χ3n) is 2.92. The lowest BCUT2D eigenvalue weighted by molar-refractivity contribution is 0.0961. The van der Waals surface area contributed by atoms with E-state index in [-0.39, 0.29) is 12.5 Å². The number of aromatic nitrogens is 2. The Labute approximate surface area is 133 Å². The summed E-state index contributed by atoms with van der Waals surface area (Å²) in [5.41, 5.74) is 1.55. The molecule has 6 heteroatoms. The molecule has 0 fully saturated rings. The second kappa shape index (κ2) is 8.15. The zero-order chi connectivity index (χ0) is 15.8. The summed E-state index contributed by atoms with van der Waals surface area (Å²) < 4.78 is 9.06. The molecule has 2 aromatic rings. The van der Waals surface area contributed by atoms with Crippen LogP contribution in [-0.4, -0.2) is 29.1 Å². The van der Waals surface area contributed by atoms with Gasteiger partial charge in [0.05, 0.1) is 24.9 Å². The van der Waals surface area contributed by atoms with Crippen LogP contribution in [0.25, 0.3) is 0 Å². The molecule has 5 nitrogen and oxygen atoms in total. The van der Waals surface area contributed by atoms with Crippen LogP contribution in [0.1, 0.15) is 34.3 Å². The Morgan fingerprint density at radius 1 is 1.41 bits per heavy atom. The van der Waals surface area contributed by atoms with Gasteiger partial charge in [0, 0.05) is 0 Å². The van der Waals surface area contributed by atoms with E-state index in [1.165, 1.54) is 0 Å². The number of rotatable bonds is 5. The summed E-state index contributed by atoms with van der Waals surface area (Å²) >= 11 is 1.12. The molecular weight excluding hydrogens is 298 g/mol. The number of carbonyl (C=O) groups is 1. The summed E-state index contributed by atoms with van der Waals surface area (Å²) in [6.45, 7) is 2.31. The minimum Gasteiger partial charge on any atom is -0.495 e. The van der Waals surface area contributed by atoms with Gasteiger partial charge >= 0.3 is 0 Å². The number of nitrogens with zero attached hydrogens (tertiary/aromatic N) is 2. The molecule has 114 valence electrons. The van der Waals surface area contributed by atoms with E-state index >= 15 is 0 Å². The van der Waals surface area contributed by atoms with Crippen LogP contribution in [0.4, 0.5) is 0 Å². The van der Waals surface area contributed by atoms with Crippen molar-refractivity contribution in [1.29, 1.82) is 0 Å². The largest absolute Gasteiger partial charge is 0.495 e. The summed E-state index contributed by atoms with van der Waals surface area (Å²) in [6, 6.07) is 7.51. The Morgan fingerprint density at radius 2 is 2.23 bits per heavy atom. The third-order valence-corrected chi connectivity index (χ3v) is 3.68. The Bertz CT molecular complexity index is 701. The molecule has 1 heterocycles. The van der Waals surface area contributed by atoms with Gasteiger partial charge in [-0.1, -0.05) is 41.8 Å². The molecular formula is C16H17N3O2S. The quantitative estimate of drug-likeness (QED) is 0.860. The molecule has 0 aliphatic rings. The topological polar surface area (TPSA) is 64.1 Å². The number of methoxy groups -OCH3 is 1. The summed E-state index contributed by atoms with van der Waals surface area (Å²) in [5, 5.41) is 6.75. The van der Waals surface area contributed by atoms with Crippen molar-refractivity contribution >= 4 is 17.4 Å². The fourth-order valence-electron chi connectivity index (χ4n) is 1.87. The standard InChI is InChI=1S/C16H17N3O2S/c1-3-7-13-15(22-19-18-13)16(20)17-11-6-9-12-8-4-5-10-14(12)21-2/h4-5,8,10H,3,7,11H2,1-2H3,(H,17,20). The van der Waals surface area contributed by atoms with Gasteiger partial charge in [-0.15, -0.1) is 5.10 Å². The normalized spacial score (nSPS) is 9.73. The van der Waals surface area contributed by atoms with Crippen molar-refractivity contribution in [2.45, 2.75) is 19.8 Å².